The predicted octanol–water partition coefficient (Wildman–Crippen LogP) is 1.67. The third kappa shape index (κ3) is 3.08. The van der Waals surface area contributed by atoms with Crippen LogP contribution in [0.1, 0.15) is 32.3 Å². The molecule has 0 spiro atoms. The topological polar surface area (TPSA) is 108 Å². The SMILES string of the molecule is CCC(CC)(C(=O)Nc1ccc(CO)cc1)/C(N)=N/O. The number of carbonyl (C=O) groups is 1. The minimum absolute atomic E-state index is 0.0494. The Morgan fingerprint density at radius 2 is 1.85 bits per heavy atom. The maximum Gasteiger partial charge on any atom is 0.238 e. The van der Waals surface area contributed by atoms with Gasteiger partial charge in [-0.25, -0.2) is 0 Å². The maximum absolute atomic E-state index is 12.4. The lowest BCUT2D eigenvalue weighted by Gasteiger charge is -2.28. The minimum atomic E-state index is -1.02. The van der Waals surface area contributed by atoms with Gasteiger partial charge < -0.3 is 21.4 Å². The van der Waals surface area contributed by atoms with Crippen molar-refractivity contribution in [1.29, 1.82) is 0 Å². The number of amides is 1. The van der Waals surface area contributed by atoms with Crippen LogP contribution < -0.4 is 11.1 Å². The van der Waals surface area contributed by atoms with Crippen LogP contribution in [0.15, 0.2) is 29.4 Å². The van der Waals surface area contributed by atoms with Crippen molar-refractivity contribution in [3.8, 4) is 0 Å². The first-order valence-corrected chi connectivity index (χ1v) is 6.53. The van der Waals surface area contributed by atoms with Gasteiger partial charge in [0.25, 0.3) is 0 Å². The number of hydrogen-bond donors (Lipinski definition) is 4. The number of carbonyl (C=O) groups excluding carboxylic acids is 1. The highest BCUT2D eigenvalue weighted by Gasteiger charge is 2.39. The fourth-order valence-electron chi connectivity index (χ4n) is 2.09. The van der Waals surface area contributed by atoms with E-state index in [9.17, 15) is 4.79 Å². The molecule has 1 amide bonds. The molecule has 1 aromatic rings. The summed E-state index contributed by atoms with van der Waals surface area (Å²) < 4.78 is 0. The van der Waals surface area contributed by atoms with E-state index in [0.29, 0.717) is 18.5 Å². The van der Waals surface area contributed by atoms with Crippen LogP contribution in [0, 0.1) is 5.41 Å². The van der Waals surface area contributed by atoms with Crippen molar-refractivity contribution >= 4 is 17.4 Å². The quantitative estimate of drug-likeness (QED) is 0.275. The van der Waals surface area contributed by atoms with E-state index in [1.165, 1.54) is 0 Å². The number of benzene rings is 1. The molecule has 0 bridgehead atoms. The Labute approximate surface area is 118 Å². The Morgan fingerprint density at radius 1 is 1.30 bits per heavy atom. The van der Waals surface area contributed by atoms with Crippen LogP contribution in [-0.2, 0) is 11.4 Å². The Kier molecular flexibility index (Phi) is 5.52. The molecule has 0 radical (unpaired) electrons. The van der Waals surface area contributed by atoms with E-state index in [1.807, 2.05) is 13.8 Å². The van der Waals surface area contributed by atoms with E-state index in [0.717, 1.165) is 5.56 Å². The smallest absolute Gasteiger partial charge is 0.238 e. The Hall–Kier alpha value is -2.08. The van der Waals surface area contributed by atoms with Gasteiger partial charge in [0.2, 0.25) is 5.91 Å². The number of oxime groups is 1. The van der Waals surface area contributed by atoms with Gasteiger partial charge in [-0.1, -0.05) is 31.1 Å². The standard InChI is InChI=1S/C14H21N3O3/c1-3-14(4-2,12(15)17-20)13(19)16-11-7-5-10(9-18)6-8-11/h5-8,18,20H,3-4,9H2,1-2H3,(H2,15,17)(H,16,19). The minimum Gasteiger partial charge on any atom is -0.409 e. The Morgan fingerprint density at radius 3 is 2.25 bits per heavy atom. The van der Waals surface area contributed by atoms with E-state index in [-0.39, 0.29) is 18.3 Å². The molecule has 6 heteroatoms. The molecule has 0 heterocycles. The van der Waals surface area contributed by atoms with E-state index in [1.54, 1.807) is 24.3 Å². The Bertz CT molecular complexity index is 479. The van der Waals surface area contributed by atoms with Gasteiger partial charge >= 0.3 is 0 Å². The first-order valence-electron chi connectivity index (χ1n) is 6.53. The summed E-state index contributed by atoms with van der Waals surface area (Å²) in [6, 6.07) is 6.84. The highest BCUT2D eigenvalue weighted by Crippen LogP contribution is 2.28. The molecule has 0 saturated heterocycles. The highest BCUT2D eigenvalue weighted by molar-refractivity contribution is 6.11. The van der Waals surface area contributed by atoms with Gasteiger partial charge in [-0.15, -0.1) is 0 Å². The summed E-state index contributed by atoms with van der Waals surface area (Å²) in [5.74, 6) is -0.401. The number of nitrogens with one attached hydrogen (secondary N) is 1. The number of amidine groups is 1. The molecule has 0 aliphatic rings. The number of aliphatic hydroxyl groups is 1. The molecule has 0 saturated carbocycles. The average molecular weight is 279 g/mol. The van der Waals surface area contributed by atoms with Gasteiger partial charge in [-0.2, -0.15) is 0 Å². The first kappa shape index (κ1) is 16.0. The van der Waals surface area contributed by atoms with Crippen LogP contribution in [0.4, 0.5) is 5.69 Å². The maximum atomic E-state index is 12.4. The number of anilines is 1. The van der Waals surface area contributed by atoms with Gasteiger partial charge in [0.15, 0.2) is 5.84 Å². The van der Waals surface area contributed by atoms with Crippen LogP contribution in [0.3, 0.4) is 0 Å². The van der Waals surface area contributed by atoms with Gasteiger partial charge in [0, 0.05) is 5.69 Å². The van der Waals surface area contributed by atoms with E-state index >= 15 is 0 Å². The number of rotatable bonds is 6. The summed E-state index contributed by atoms with van der Waals surface area (Å²) in [5, 5.41) is 23.6. The number of aliphatic hydroxyl groups excluding tert-OH is 1. The van der Waals surface area contributed by atoms with E-state index in [2.05, 4.69) is 10.5 Å². The van der Waals surface area contributed by atoms with Crippen molar-refractivity contribution in [3.05, 3.63) is 29.8 Å². The van der Waals surface area contributed by atoms with Gasteiger partial charge in [-0.3, -0.25) is 4.79 Å². The van der Waals surface area contributed by atoms with Crippen molar-refractivity contribution < 1.29 is 15.1 Å². The summed E-state index contributed by atoms with van der Waals surface area (Å²) in [4.78, 5) is 12.4. The molecule has 20 heavy (non-hydrogen) atoms. The summed E-state index contributed by atoms with van der Waals surface area (Å²) in [6.07, 6.45) is 0.861. The van der Waals surface area contributed by atoms with Crippen LogP contribution >= 0.6 is 0 Å². The van der Waals surface area contributed by atoms with Gasteiger partial charge in [0.05, 0.1) is 6.61 Å². The zero-order chi connectivity index (χ0) is 15.2. The fourth-order valence-corrected chi connectivity index (χ4v) is 2.09. The van der Waals surface area contributed by atoms with Crippen LogP contribution in [-0.4, -0.2) is 22.1 Å². The lowest BCUT2D eigenvalue weighted by Crippen LogP contribution is -2.46. The average Bonchev–Trinajstić information content (AvgIpc) is 2.49. The summed E-state index contributed by atoms with van der Waals surface area (Å²) in [7, 11) is 0. The summed E-state index contributed by atoms with van der Waals surface area (Å²) >= 11 is 0. The van der Waals surface area contributed by atoms with Crippen molar-refractivity contribution in [2.75, 3.05) is 5.32 Å². The third-order valence-electron chi connectivity index (χ3n) is 3.63. The monoisotopic (exact) mass is 279 g/mol. The second-order valence-corrected chi connectivity index (χ2v) is 4.58. The number of nitrogens with two attached hydrogens (primary N) is 1. The van der Waals surface area contributed by atoms with Crippen molar-refractivity contribution in [1.82, 2.24) is 0 Å². The van der Waals surface area contributed by atoms with Crippen LogP contribution in [0.5, 0.6) is 0 Å². The molecule has 0 aromatic heterocycles. The first-order chi connectivity index (χ1) is 9.53. The largest absolute Gasteiger partial charge is 0.409 e. The van der Waals surface area contributed by atoms with E-state index in [4.69, 9.17) is 16.0 Å². The van der Waals surface area contributed by atoms with Crippen molar-refractivity contribution in [2.24, 2.45) is 16.3 Å². The lowest BCUT2D eigenvalue weighted by atomic mass is 9.80. The van der Waals surface area contributed by atoms with Crippen LogP contribution in [0.25, 0.3) is 0 Å². The molecule has 1 aromatic carbocycles. The Balaban J connectivity index is 2.96. The molecule has 0 aliphatic carbocycles. The van der Waals surface area contributed by atoms with Gasteiger partial charge in [0.1, 0.15) is 5.41 Å². The molecule has 110 valence electrons. The fraction of sp³-hybridized carbons (Fsp3) is 0.429. The zero-order valence-corrected chi connectivity index (χ0v) is 11.8. The highest BCUT2D eigenvalue weighted by atomic mass is 16.4. The normalized spacial score (nSPS) is 12.2. The predicted molar refractivity (Wildman–Crippen MR) is 77.4 cm³/mol. The third-order valence-corrected chi connectivity index (χ3v) is 3.63. The van der Waals surface area contributed by atoms with E-state index < -0.39 is 5.41 Å². The molecule has 0 fully saturated rings. The molecule has 6 nitrogen and oxygen atoms in total. The van der Waals surface area contributed by atoms with Gasteiger partial charge in [-0.05, 0) is 30.5 Å². The summed E-state index contributed by atoms with van der Waals surface area (Å²) in [5.41, 5.74) is 6.02. The molecule has 5 N–H and O–H groups in total. The molecule has 0 unspecified atom stereocenters. The molecule has 1 rings (SSSR count). The van der Waals surface area contributed by atoms with Crippen molar-refractivity contribution in [3.63, 3.8) is 0 Å². The molecular formula is C14H21N3O3. The molecular weight excluding hydrogens is 258 g/mol. The second-order valence-electron chi connectivity index (χ2n) is 4.58. The number of nitrogens with zero attached hydrogens (tertiary/aromatic N) is 1. The zero-order valence-electron chi connectivity index (χ0n) is 11.8. The lowest BCUT2D eigenvalue weighted by molar-refractivity contribution is -0.122. The number of hydrogen-bond acceptors (Lipinski definition) is 4. The van der Waals surface area contributed by atoms with Crippen molar-refractivity contribution in [2.45, 2.75) is 33.3 Å². The summed E-state index contributed by atoms with van der Waals surface area (Å²) in [6.45, 7) is 3.58. The molecule has 0 aliphatic heterocycles. The molecule has 0 atom stereocenters. The van der Waals surface area contributed by atoms with Crippen LogP contribution in [0.2, 0.25) is 0 Å². The second kappa shape index (κ2) is 6.91.